The van der Waals surface area contributed by atoms with E-state index in [1.54, 1.807) is 49.4 Å². The summed E-state index contributed by atoms with van der Waals surface area (Å²) < 4.78 is 34.0. The number of sulfonamides is 1. The second-order valence-electron chi connectivity index (χ2n) is 9.29. The van der Waals surface area contributed by atoms with E-state index in [2.05, 4.69) is 5.32 Å². The average molecular weight is 552 g/mol. The Kier molecular flexibility index (Phi) is 10.5. The van der Waals surface area contributed by atoms with E-state index >= 15 is 0 Å². The van der Waals surface area contributed by atoms with Crippen LogP contribution in [-0.2, 0) is 26.2 Å². The molecule has 3 aromatic carbocycles. The van der Waals surface area contributed by atoms with Crippen molar-refractivity contribution in [1.82, 2.24) is 10.2 Å². The van der Waals surface area contributed by atoms with Gasteiger partial charge in [0, 0.05) is 19.2 Å². The molecule has 0 bridgehead atoms. The second kappa shape index (κ2) is 13.8. The topological polar surface area (TPSA) is 96.0 Å². The summed E-state index contributed by atoms with van der Waals surface area (Å²) in [5.74, 6) is -0.336. The molecule has 2 amide bonds. The minimum Gasteiger partial charge on any atom is -0.497 e. The van der Waals surface area contributed by atoms with Gasteiger partial charge in [-0.25, -0.2) is 8.42 Å². The second-order valence-corrected chi connectivity index (χ2v) is 11.2. The number of carbonyl (C=O) groups is 2. The van der Waals surface area contributed by atoms with Crippen LogP contribution in [0.3, 0.4) is 0 Å². The third-order valence-corrected chi connectivity index (χ3v) is 8.34. The molecule has 39 heavy (non-hydrogen) atoms. The van der Waals surface area contributed by atoms with Crippen molar-refractivity contribution in [2.24, 2.45) is 0 Å². The van der Waals surface area contributed by atoms with Crippen molar-refractivity contribution in [2.75, 3.05) is 24.5 Å². The van der Waals surface area contributed by atoms with Crippen molar-refractivity contribution in [2.45, 2.75) is 51.1 Å². The van der Waals surface area contributed by atoms with E-state index in [0.717, 1.165) is 28.3 Å². The van der Waals surface area contributed by atoms with E-state index in [9.17, 15) is 18.0 Å². The highest BCUT2D eigenvalue weighted by Crippen LogP contribution is 2.27. The van der Waals surface area contributed by atoms with Gasteiger partial charge in [0.25, 0.3) is 10.0 Å². The van der Waals surface area contributed by atoms with Gasteiger partial charge in [-0.05, 0) is 55.7 Å². The predicted octanol–water partition coefficient (Wildman–Crippen LogP) is 4.53. The first-order valence-electron chi connectivity index (χ1n) is 13.0. The van der Waals surface area contributed by atoms with Crippen molar-refractivity contribution in [3.05, 3.63) is 90.0 Å². The average Bonchev–Trinajstić information content (AvgIpc) is 2.95. The van der Waals surface area contributed by atoms with Crippen molar-refractivity contribution < 1.29 is 22.7 Å². The fourth-order valence-electron chi connectivity index (χ4n) is 4.10. The first-order valence-corrected chi connectivity index (χ1v) is 14.5. The molecule has 1 N–H and O–H groups in total. The number of methoxy groups -OCH3 is 1. The van der Waals surface area contributed by atoms with Crippen LogP contribution in [0.1, 0.15) is 37.8 Å². The van der Waals surface area contributed by atoms with Crippen LogP contribution < -0.4 is 14.4 Å². The van der Waals surface area contributed by atoms with Crippen LogP contribution in [0, 0.1) is 6.92 Å². The molecule has 3 rings (SSSR count). The Balaban J connectivity index is 2.02. The lowest BCUT2D eigenvalue weighted by molar-refractivity contribution is -0.139. The molecule has 8 nitrogen and oxygen atoms in total. The number of anilines is 1. The predicted molar refractivity (Wildman–Crippen MR) is 153 cm³/mol. The number of hydrogen-bond acceptors (Lipinski definition) is 5. The molecule has 208 valence electrons. The Bertz CT molecular complexity index is 1360. The number of nitrogens with one attached hydrogen (secondary N) is 1. The summed E-state index contributed by atoms with van der Waals surface area (Å²) in [6.45, 7) is 5.80. The van der Waals surface area contributed by atoms with Crippen molar-refractivity contribution in [3.8, 4) is 5.75 Å². The maximum absolute atomic E-state index is 14.0. The molecule has 0 aliphatic heterocycles. The SMILES string of the molecule is CCCCNC(=O)C(C)N(Cc1ccccc1C)C(=O)CN(c1cccc(OC)c1)S(=O)(=O)c1ccccc1. The Morgan fingerprint density at radius 2 is 1.67 bits per heavy atom. The normalized spacial score (nSPS) is 11.9. The Hall–Kier alpha value is -3.85. The van der Waals surface area contributed by atoms with Gasteiger partial charge < -0.3 is 15.0 Å². The zero-order valence-electron chi connectivity index (χ0n) is 23.0. The molecule has 0 fully saturated rings. The van der Waals surface area contributed by atoms with E-state index in [0.29, 0.717) is 12.3 Å². The highest BCUT2D eigenvalue weighted by Gasteiger charge is 2.32. The number of rotatable bonds is 13. The largest absolute Gasteiger partial charge is 0.497 e. The number of benzene rings is 3. The smallest absolute Gasteiger partial charge is 0.264 e. The van der Waals surface area contributed by atoms with Crippen molar-refractivity contribution in [3.63, 3.8) is 0 Å². The summed E-state index contributed by atoms with van der Waals surface area (Å²) in [6.07, 6.45) is 1.75. The lowest BCUT2D eigenvalue weighted by Crippen LogP contribution is -2.51. The molecule has 0 spiro atoms. The zero-order valence-corrected chi connectivity index (χ0v) is 23.8. The van der Waals surface area contributed by atoms with Crippen LogP contribution in [0.25, 0.3) is 0 Å². The van der Waals surface area contributed by atoms with Crippen molar-refractivity contribution >= 4 is 27.5 Å². The third kappa shape index (κ3) is 7.60. The van der Waals surface area contributed by atoms with Gasteiger partial charge in [0.2, 0.25) is 11.8 Å². The van der Waals surface area contributed by atoms with E-state index < -0.39 is 28.5 Å². The maximum Gasteiger partial charge on any atom is 0.264 e. The van der Waals surface area contributed by atoms with Crippen LogP contribution in [0.2, 0.25) is 0 Å². The highest BCUT2D eigenvalue weighted by molar-refractivity contribution is 7.92. The monoisotopic (exact) mass is 551 g/mol. The van der Waals surface area contributed by atoms with Gasteiger partial charge in [-0.1, -0.05) is 61.9 Å². The van der Waals surface area contributed by atoms with Crippen LogP contribution >= 0.6 is 0 Å². The highest BCUT2D eigenvalue weighted by atomic mass is 32.2. The minimum absolute atomic E-state index is 0.0523. The fourth-order valence-corrected chi connectivity index (χ4v) is 5.53. The molecule has 1 unspecified atom stereocenters. The number of nitrogens with zero attached hydrogens (tertiary/aromatic N) is 2. The number of carbonyl (C=O) groups excluding carboxylic acids is 2. The third-order valence-electron chi connectivity index (χ3n) is 6.55. The molecule has 0 aliphatic carbocycles. The molecule has 0 heterocycles. The molecule has 0 radical (unpaired) electrons. The van der Waals surface area contributed by atoms with Gasteiger partial charge in [0.15, 0.2) is 0 Å². The summed E-state index contributed by atoms with van der Waals surface area (Å²) in [6, 6.07) is 21.3. The minimum atomic E-state index is -4.12. The summed E-state index contributed by atoms with van der Waals surface area (Å²) >= 11 is 0. The van der Waals surface area contributed by atoms with E-state index in [1.165, 1.54) is 24.1 Å². The van der Waals surface area contributed by atoms with Gasteiger partial charge in [0.05, 0.1) is 17.7 Å². The molecule has 0 saturated carbocycles. The molecule has 9 heteroatoms. The quantitative estimate of drug-likeness (QED) is 0.315. The van der Waals surface area contributed by atoms with Gasteiger partial charge in [-0.15, -0.1) is 0 Å². The molecule has 3 aromatic rings. The lowest BCUT2D eigenvalue weighted by Gasteiger charge is -2.32. The van der Waals surface area contributed by atoms with Gasteiger partial charge >= 0.3 is 0 Å². The first-order chi connectivity index (χ1) is 18.7. The van der Waals surface area contributed by atoms with E-state index in [-0.39, 0.29) is 23.0 Å². The number of unbranched alkanes of at least 4 members (excludes halogenated alkanes) is 1. The van der Waals surface area contributed by atoms with Gasteiger partial charge in [0.1, 0.15) is 18.3 Å². The summed E-state index contributed by atoms with van der Waals surface area (Å²) in [5, 5.41) is 2.89. The van der Waals surface area contributed by atoms with E-state index in [4.69, 9.17) is 4.74 Å². The van der Waals surface area contributed by atoms with Crippen LogP contribution in [-0.4, -0.2) is 51.4 Å². The fraction of sp³-hybridized carbons (Fsp3) is 0.333. The van der Waals surface area contributed by atoms with Crippen molar-refractivity contribution in [1.29, 1.82) is 0 Å². The van der Waals surface area contributed by atoms with Gasteiger partial charge in [-0.3, -0.25) is 13.9 Å². The molecule has 1 atom stereocenters. The summed E-state index contributed by atoms with van der Waals surface area (Å²) in [7, 11) is -2.63. The summed E-state index contributed by atoms with van der Waals surface area (Å²) in [5.41, 5.74) is 2.12. The first kappa shape index (κ1) is 29.7. The Morgan fingerprint density at radius 3 is 2.33 bits per heavy atom. The Morgan fingerprint density at radius 1 is 0.974 bits per heavy atom. The lowest BCUT2D eigenvalue weighted by atomic mass is 10.1. The van der Waals surface area contributed by atoms with Crippen LogP contribution in [0.5, 0.6) is 5.75 Å². The number of ether oxygens (including phenoxy) is 1. The number of hydrogen-bond donors (Lipinski definition) is 1. The summed E-state index contributed by atoms with van der Waals surface area (Å²) in [4.78, 5) is 28.5. The number of amides is 2. The van der Waals surface area contributed by atoms with Gasteiger partial charge in [-0.2, -0.15) is 0 Å². The Labute approximate surface area is 231 Å². The molecular weight excluding hydrogens is 514 g/mol. The number of aryl methyl sites for hydroxylation is 1. The molecular formula is C30H37N3O5S. The van der Waals surface area contributed by atoms with Crippen LogP contribution in [0.4, 0.5) is 5.69 Å². The van der Waals surface area contributed by atoms with Crippen LogP contribution in [0.15, 0.2) is 83.8 Å². The maximum atomic E-state index is 14.0. The van der Waals surface area contributed by atoms with E-state index in [1.807, 2.05) is 38.1 Å². The molecule has 0 saturated heterocycles. The molecule has 0 aromatic heterocycles. The zero-order chi connectivity index (χ0) is 28.4. The standard InChI is InChI=1S/C30H37N3O5S/c1-5-6-19-31-30(35)24(3)32(21-25-14-11-10-13-23(25)2)29(34)22-33(26-15-12-16-27(20-26)38-4)39(36,37)28-17-8-7-9-18-28/h7-18,20,24H,5-6,19,21-22H2,1-4H3,(H,31,35). The molecule has 0 aliphatic rings.